The number of nitrogens with zero attached hydrogens (tertiary/aromatic N) is 3. The molecule has 24 heavy (non-hydrogen) atoms. The topological polar surface area (TPSA) is 55.9 Å². The van der Waals surface area contributed by atoms with Gasteiger partial charge in [0.05, 0.1) is 6.04 Å². The lowest BCUT2D eigenvalue weighted by Gasteiger charge is -2.38. The maximum atomic E-state index is 12.4. The Kier molecular flexibility index (Phi) is 6.45. The Morgan fingerprint density at radius 1 is 1.21 bits per heavy atom. The van der Waals surface area contributed by atoms with Crippen LogP contribution in [-0.2, 0) is 11.3 Å². The van der Waals surface area contributed by atoms with Gasteiger partial charge in [0.2, 0.25) is 5.91 Å². The highest BCUT2D eigenvalue weighted by atomic mass is 35.5. The van der Waals surface area contributed by atoms with E-state index >= 15 is 0 Å². The highest BCUT2D eigenvalue weighted by Gasteiger charge is 2.27. The van der Waals surface area contributed by atoms with E-state index in [9.17, 15) is 9.59 Å². The number of benzene rings is 1. The predicted octanol–water partition coefficient (Wildman–Crippen LogP) is 1.64. The molecule has 1 aromatic carbocycles. The van der Waals surface area contributed by atoms with E-state index in [1.54, 1.807) is 19.0 Å². The Morgan fingerprint density at radius 2 is 1.83 bits per heavy atom. The second-order valence-corrected chi connectivity index (χ2v) is 6.59. The number of carbonyl (C=O) groups excluding carboxylic acids is 2. The summed E-state index contributed by atoms with van der Waals surface area (Å²) in [4.78, 5) is 29.8. The fraction of sp³-hybridized carbons (Fsp3) is 0.529. The van der Waals surface area contributed by atoms with Gasteiger partial charge >= 0.3 is 6.03 Å². The van der Waals surface area contributed by atoms with Gasteiger partial charge in [-0.3, -0.25) is 9.69 Å². The standard InChI is InChI=1S/C17H25ClN4O2/c1-13(16(23)19-12-14-6-4-5-7-15(14)18)21-8-10-22(11-9-21)17(24)20(2)3/h4-7,13H,8-12H2,1-3H3,(H,19,23). The van der Waals surface area contributed by atoms with Crippen molar-refractivity contribution in [2.75, 3.05) is 40.3 Å². The van der Waals surface area contributed by atoms with Gasteiger partial charge in [0, 0.05) is 51.8 Å². The molecule has 7 heteroatoms. The Bertz CT molecular complexity index is 586. The first-order valence-electron chi connectivity index (χ1n) is 8.11. The Morgan fingerprint density at radius 3 is 2.42 bits per heavy atom. The number of hydrogen-bond donors (Lipinski definition) is 1. The van der Waals surface area contributed by atoms with Crippen LogP contribution >= 0.6 is 11.6 Å². The van der Waals surface area contributed by atoms with Gasteiger partial charge in [-0.15, -0.1) is 0 Å². The number of carbonyl (C=O) groups is 2. The molecule has 0 aliphatic carbocycles. The van der Waals surface area contributed by atoms with Gasteiger partial charge in [-0.2, -0.15) is 0 Å². The summed E-state index contributed by atoms with van der Waals surface area (Å²) in [5.74, 6) is -0.0256. The molecule has 132 valence electrons. The molecule has 0 aromatic heterocycles. The first-order valence-corrected chi connectivity index (χ1v) is 8.49. The third kappa shape index (κ3) is 4.61. The summed E-state index contributed by atoms with van der Waals surface area (Å²) in [6.07, 6.45) is 0. The van der Waals surface area contributed by atoms with Crippen LogP contribution in [0.1, 0.15) is 12.5 Å². The van der Waals surface area contributed by atoms with E-state index in [4.69, 9.17) is 11.6 Å². The van der Waals surface area contributed by atoms with Crippen LogP contribution in [0.5, 0.6) is 0 Å². The number of urea groups is 1. The summed E-state index contributed by atoms with van der Waals surface area (Å²) in [5.41, 5.74) is 0.904. The molecule has 6 nitrogen and oxygen atoms in total. The van der Waals surface area contributed by atoms with Crippen molar-refractivity contribution in [1.29, 1.82) is 0 Å². The van der Waals surface area contributed by atoms with Crippen LogP contribution in [0, 0.1) is 0 Å². The normalized spacial score (nSPS) is 16.6. The molecule has 1 N–H and O–H groups in total. The number of rotatable bonds is 4. The van der Waals surface area contributed by atoms with Crippen molar-refractivity contribution in [3.63, 3.8) is 0 Å². The van der Waals surface area contributed by atoms with Crippen LogP contribution in [0.4, 0.5) is 4.79 Å². The zero-order chi connectivity index (χ0) is 17.7. The maximum Gasteiger partial charge on any atom is 0.319 e. The Hall–Kier alpha value is -1.79. The molecule has 1 saturated heterocycles. The number of hydrogen-bond acceptors (Lipinski definition) is 3. The zero-order valence-corrected chi connectivity index (χ0v) is 15.2. The molecule has 1 atom stereocenters. The zero-order valence-electron chi connectivity index (χ0n) is 14.5. The Balaban J connectivity index is 1.82. The van der Waals surface area contributed by atoms with Crippen molar-refractivity contribution in [2.45, 2.75) is 19.5 Å². The van der Waals surface area contributed by atoms with Gasteiger partial charge in [0.15, 0.2) is 0 Å². The number of halogens is 1. The van der Waals surface area contributed by atoms with E-state index in [1.165, 1.54) is 0 Å². The van der Waals surface area contributed by atoms with E-state index in [0.29, 0.717) is 37.7 Å². The second kappa shape index (κ2) is 8.35. The minimum atomic E-state index is -0.232. The monoisotopic (exact) mass is 352 g/mol. The third-order valence-electron chi connectivity index (χ3n) is 4.31. The number of piperazine rings is 1. The summed E-state index contributed by atoms with van der Waals surface area (Å²) in [6.45, 7) is 4.98. The van der Waals surface area contributed by atoms with Gasteiger partial charge in [0.25, 0.3) is 0 Å². The van der Waals surface area contributed by atoms with Gasteiger partial charge in [-0.25, -0.2) is 4.79 Å². The summed E-state index contributed by atoms with van der Waals surface area (Å²) in [7, 11) is 3.50. The van der Waals surface area contributed by atoms with Crippen LogP contribution in [0.15, 0.2) is 24.3 Å². The summed E-state index contributed by atoms with van der Waals surface area (Å²) < 4.78 is 0. The fourth-order valence-electron chi connectivity index (χ4n) is 2.72. The Labute approximate surface area is 148 Å². The van der Waals surface area contributed by atoms with Crippen molar-refractivity contribution in [3.05, 3.63) is 34.9 Å². The van der Waals surface area contributed by atoms with E-state index < -0.39 is 0 Å². The van der Waals surface area contributed by atoms with Crippen molar-refractivity contribution in [3.8, 4) is 0 Å². The molecule has 1 unspecified atom stereocenters. The largest absolute Gasteiger partial charge is 0.351 e. The van der Waals surface area contributed by atoms with Gasteiger partial charge in [-0.1, -0.05) is 29.8 Å². The van der Waals surface area contributed by atoms with Crippen molar-refractivity contribution in [1.82, 2.24) is 20.0 Å². The minimum Gasteiger partial charge on any atom is -0.351 e. The SMILES string of the molecule is CC(C(=O)NCc1ccccc1Cl)N1CCN(C(=O)N(C)C)CC1. The lowest BCUT2D eigenvalue weighted by molar-refractivity contribution is -0.126. The van der Waals surface area contributed by atoms with Gasteiger partial charge in [0.1, 0.15) is 0 Å². The second-order valence-electron chi connectivity index (χ2n) is 6.19. The predicted molar refractivity (Wildman–Crippen MR) is 95.0 cm³/mol. The molecule has 1 heterocycles. The fourth-order valence-corrected chi connectivity index (χ4v) is 2.92. The molecule has 0 saturated carbocycles. The lowest BCUT2D eigenvalue weighted by atomic mass is 10.2. The van der Waals surface area contributed by atoms with Crippen LogP contribution in [0.25, 0.3) is 0 Å². The molecule has 3 amide bonds. The molecule has 0 spiro atoms. The molecule has 1 aliphatic rings. The van der Waals surface area contributed by atoms with Crippen molar-refractivity contribution in [2.24, 2.45) is 0 Å². The quantitative estimate of drug-likeness (QED) is 0.896. The number of nitrogens with one attached hydrogen (secondary N) is 1. The van der Waals surface area contributed by atoms with E-state index in [0.717, 1.165) is 5.56 Å². The molecule has 1 aromatic rings. The van der Waals surface area contributed by atoms with Crippen LogP contribution in [0.2, 0.25) is 5.02 Å². The average Bonchev–Trinajstić information content (AvgIpc) is 2.59. The van der Waals surface area contributed by atoms with Crippen molar-refractivity contribution < 1.29 is 9.59 Å². The first-order chi connectivity index (χ1) is 11.4. The maximum absolute atomic E-state index is 12.4. The molecular formula is C17H25ClN4O2. The van der Waals surface area contributed by atoms with Crippen LogP contribution < -0.4 is 5.32 Å². The lowest BCUT2D eigenvalue weighted by Crippen LogP contribution is -2.56. The summed E-state index contributed by atoms with van der Waals surface area (Å²) in [5, 5.41) is 3.59. The third-order valence-corrected chi connectivity index (χ3v) is 4.67. The number of amides is 3. The molecule has 0 bridgehead atoms. The van der Waals surface area contributed by atoms with Crippen molar-refractivity contribution >= 4 is 23.5 Å². The van der Waals surface area contributed by atoms with Gasteiger partial charge < -0.3 is 15.1 Å². The molecule has 2 rings (SSSR count). The minimum absolute atomic E-state index is 0.0190. The van der Waals surface area contributed by atoms with Crippen LogP contribution in [-0.4, -0.2) is 73.0 Å². The van der Waals surface area contributed by atoms with E-state index in [1.807, 2.05) is 36.1 Å². The van der Waals surface area contributed by atoms with E-state index in [-0.39, 0.29) is 18.0 Å². The van der Waals surface area contributed by atoms with E-state index in [2.05, 4.69) is 10.2 Å². The molecular weight excluding hydrogens is 328 g/mol. The highest BCUT2D eigenvalue weighted by molar-refractivity contribution is 6.31. The first kappa shape index (κ1) is 18.5. The van der Waals surface area contributed by atoms with Crippen LogP contribution in [0.3, 0.4) is 0 Å². The molecule has 1 aliphatic heterocycles. The smallest absolute Gasteiger partial charge is 0.319 e. The highest BCUT2D eigenvalue weighted by Crippen LogP contribution is 2.14. The summed E-state index contributed by atoms with van der Waals surface area (Å²) >= 11 is 6.10. The molecule has 1 fully saturated rings. The summed E-state index contributed by atoms with van der Waals surface area (Å²) in [6, 6.07) is 7.27. The van der Waals surface area contributed by atoms with Gasteiger partial charge in [-0.05, 0) is 18.6 Å². The average molecular weight is 353 g/mol. The molecule has 0 radical (unpaired) electrons.